The lowest BCUT2D eigenvalue weighted by Gasteiger charge is -2.47. The standard InChI is InChI=1S/C21H23NO5S/c1-12-8-9-14(10-13(12)2)28(24,25)19-16-11-21(3,22-20(19)23)27-18-15(16)6-5-7-17(18)26-4/h5-10,16,19H,11H2,1-4H3,(H,22,23)/t16-,19-,21+/m1/s1. The van der Waals surface area contributed by atoms with Crippen LogP contribution in [0.4, 0.5) is 0 Å². The Kier molecular flexibility index (Phi) is 4.19. The van der Waals surface area contributed by atoms with Crippen LogP contribution in [0.2, 0.25) is 0 Å². The first-order valence-corrected chi connectivity index (χ1v) is 10.7. The van der Waals surface area contributed by atoms with Gasteiger partial charge in [-0.25, -0.2) is 8.42 Å². The molecule has 2 bridgehead atoms. The van der Waals surface area contributed by atoms with Gasteiger partial charge in [0.05, 0.1) is 12.0 Å². The Morgan fingerprint density at radius 2 is 1.93 bits per heavy atom. The zero-order chi connectivity index (χ0) is 20.3. The summed E-state index contributed by atoms with van der Waals surface area (Å²) in [6.07, 6.45) is 0.369. The predicted molar refractivity (Wildman–Crippen MR) is 104 cm³/mol. The van der Waals surface area contributed by atoms with Gasteiger partial charge in [-0.3, -0.25) is 4.79 Å². The van der Waals surface area contributed by atoms with E-state index in [0.717, 1.165) is 11.1 Å². The molecule has 1 amide bonds. The van der Waals surface area contributed by atoms with Crippen LogP contribution in [0, 0.1) is 13.8 Å². The van der Waals surface area contributed by atoms with Gasteiger partial charge >= 0.3 is 0 Å². The minimum Gasteiger partial charge on any atom is -0.493 e. The van der Waals surface area contributed by atoms with Crippen LogP contribution in [-0.4, -0.2) is 32.4 Å². The lowest BCUT2D eigenvalue weighted by molar-refractivity contribution is -0.132. The summed E-state index contributed by atoms with van der Waals surface area (Å²) in [5.41, 5.74) is 1.58. The van der Waals surface area contributed by atoms with E-state index in [2.05, 4.69) is 5.32 Å². The van der Waals surface area contributed by atoms with Gasteiger partial charge < -0.3 is 14.8 Å². The second kappa shape index (κ2) is 6.24. The molecule has 0 unspecified atom stereocenters. The van der Waals surface area contributed by atoms with Gasteiger partial charge in [-0.05, 0) is 50.1 Å². The quantitative estimate of drug-likeness (QED) is 0.855. The first-order chi connectivity index (χ1) is 13.2. The van der Waals surface area contributed by atoms with Gasteiger partial charge in [0, 0.05) is 17.9 Å². The third-order valence-corrected chi connectivity index (χ3v) is 7.84. The lowest BCUT2D eigenvalue weighted by Crippen LogP contribution is -2.63. The smallest absolute Gasteiger partial charge is 0.242 e. The number of rotatable bonds is 3. The fourth-order valence-electron chi connectivity index (χ4n) is 4.15. The maximum Gasteiger partial charge on any atom is 0.242 e. The van der Waals surface area contributed by atoms with Crippen LogP contribution in [0.1, 0.15) is 36.0 Å². The number of aryl methyl sites for hydroxylation is 2. The average molecular weight is 401 g/mol. The van der Waals surface area contributed by atoms with Gasteiger partial charge in [-0.1, -0.05) is 18.2 Å². The van der Waals surface area contributed by atoms with Crippen LogP contribution in [0.25, 0.3) is 0 Å². The Balaban J connectivity index is 1.88. The van der Waals surface area contributed by atoms with Crippen LogP contribution in [-0.2, 0) is 14.6 Å². The van der Waals surface area contributed by atoms with Crippen molar-refractivity contribution < 1.29 is 22.7 Å². The number of ether oxygens (including phenoxy) is 2. The third-order valence-electron chi connectivity index (χ3n) is 5.72. The van der Waals surface area contributed by atoms with Crippen molar-refractivity contribution in [2.24, 2.45) is 0 Å². The van der Waals surface area contributed by atoms with Crippen LogP contribution in [0.3, 0.4) is 0 Å². The summed E-state index contributed by atoms with van der Waals surface area (Å²) in [4.78, 5) is 13.1. The highest BCUT2D eigenvalue weighted by Crippen LogP contribution is 2.50. The number of carbonyl (C=O) groups is 1. The van der Waals surface area contributed by atoms with Gasteiger partial charge in [0.25, 0.3) is 0 Å². The summed E-state index contributed by atoms with van der Waals surface area (Å²) < 4.78 is 38.4. The molecule has 1 N–H and O–H groups in total. The van der Waals surface area contributed by atoms with E-state index >= 15 is 0 Å². The summed E-state index contributed by atoms with van der Waals surface area (Å²) >= 11 is 0. The van der Waals surface area contributed by atoms with Crippen LogP contribution < -0.4 is 14.8 Å². The second-order valence-corrected chi connectivity index (χ2v) is 9.79. The third kappa shape index (κ3) is 2.76. The monoisotopic (exact) mass is 401 g/mol. The molecular formula is C21H23NO5S. The number of nitrogens with one attached hydrogen (secondary N) is 1. The normalized spacial score (nSPS) is 26.1. The Bertz CT molecular complexity index is 1080. The molecule has 1 fully saturated rings. The van der Waals surface area contributed by atoms with E-state index in [1.54, 1.807) is 37.3 Å². The molecule has 0 saturated carbocycles. The highest BCUT2D eigenvalue weighted by Gasteiger charge is 2.54. The molecule has 7 heteroatoms. The zero-order valence-corrected chi connectivity index (χ0v) is 17.1. The maximum atomic E-state index is 13.5. The summed E-state index contributed by atoms with van der Waals surface area (Å²) in [7, 11) is -2.36. The van der Waals surface area contributed by atoms with Gasteiger partial charge in [-0.15, -0.1) is 0 Å². The van der Waals surface area contributed by atoms with Gasteiger partial charge in [0.1, 0.15) is 0 Å². The van der Waals surface area contributed by atoms with Crippen molar-refractivity contribution in [3.63, 3.8) is 0 Å². The lowest BCUT2D eigenvalue weighted by atomic mass is 9.81. The SMILES string of the molecule is COc1cccc2c1O[C@@]1(C)C[C@H]2[C@@H](S(=O)(=O)c2ccc(C)c(C)c2)C(=O)N1. The number of carbonyl (C=O) groups excluding carboxylic acids is 1. The van der Waals surface area contributed by atoms with Gasteiger partial charge in [0.2, 0.25) is 5.91 Å². The summed E-state index contributed by atoms with van der Waals surface area (Å²) in [5.74, 6) is -0.0504. The first kappa shape index (κ1) is 18.8. The molecule has 148 valence electrons. The largest absolute Gasteiger partial charge is 0.493 e. The molecular weight excluding hydrogens is 378 g/mol. The van der Waals surface area contributed by atoms with E-state index < -0.39 is 32.6 Å². The van der Waals surface area contributed by atoms with E-state index in [1.165, 1.54) is 7.11 Å². The van der Waals surface area contributed by atoms with Crippen molar-refractivity contribution >= 4 is 15.7 Å². The molecule has 0 aliphatic carbocycles. The second-order valence-electron chi connectivity index (χ2n) is 7.72. The van der Waals surface area contributed by atoms with E-state index in [-0.39, 0.29) is 4.90 Å². The zero-order valence-electron chi connectivity index (χ0n) is 16.3. The van der Waals surface area contributed by atoms with Crippen molar-refractivity contribution in [1.29, 1.82) is 0 Å². The molecule has 2 aromatic rings. The molecule has 2 aliphatic rings. The molecule has 1 saturated heterocycles. The molecule has 28 heavy (non-hydrogen) atoms. The Morgan fingerprint density at radius 1 is 1.18 bits per heavy atom. The van der Waals surface area contributed by atoms with Crippen molar-refractivity contribution in [3.05, 3.63) is 53.1 Å². The molecule has 0 aromatic heterocycles. The number of para-hydroxylation sites is 1. The minimum absolute atomic E-state index is 0.162. The number of benzene rings is 2. The molecule has 2 heterocycles. The molecule has 3 atom stereocenters. The highest BCUT2D eigenvalue weighted by atomic mass is 32.2. The topological polar surface area (TPSA) is 81.7 Å². The van der Waals surface area contributed by atoms with Crippen LogP contribution >= 0.6 is 0 Å². The molecule has 4 rings (SSSR count). The van der Waals surface area contributed by atoms with Gasteiger partial charge in [-0.2, -0.15) is 0 Å². The predicted octanol–water partition coefficient (Wildman–Crippen LogP) is 2.87. The Labute approximate surface area is 164 Å². The average Bonchev–Trinajstić information content (AvgIpc) is 2.62. The number of sulfone groups is 1. The number of hydrogen-bond donors (Lipinski definition) is 1. The summed E-state index contributed by atoms with van der Waals surface area (Å²) in [6.45, 7) is 5.54. The number of amides is 1. The molecule has 2 aliphatic heterocycles. The number of fused-ring (bicyclic) bond motifs is 4. The molecule has 0 spiro atoms. The van der Waals surface area contributed by atoms with E-state index in [9.17, 15) is 13.2 Å². The van der Waals surface area contributed by atoms with Crippen LogP contribution in [0.5, 0.6) is 11.5 Å². The van der Waals surface area contributed by atoms with Crippen molar-refractivity contribution in [1.82, 2.24) is 5.32 Å². The van der Waals surface area contributed by atoms with Crippen LogP contribution in [0.15, 0.2) is 41.3 Å². The van der Waals surface area contributed by atoms with Crippen molar-refractivity contribution in [2.45, 2.75) is 49.0 Å². The Morgan fingerprint density at radius 3 is 2.61 bits per heavy atom. The molecule has 2 aromatic carbocycles. The first-order valence-electron chi connectivity index (χ1n) is 9.15. The van der Waals surface area contributed by atoms with Crippen molar-refractivity contribution in [3.8, 4) is 11.5 Å². The highest BCUT2D eigenvalue weighted by molar-refractivity contribution is 7.92. The summed E-state index contributed by atoms with van der Waals surface area (Å²) in [6, 6.07) is 10.3. The molecule has 6 nitrogen and oxygen atoms in total. The summed E-state index contributed by atoms with van der Waals surface area (Å²) in [5, 5.41) is 1.55. The minimum atomic E-state index is -3.90. The fraction of sp³-hybridized carbons (Fsp3) is 0.381. The number of methoxy groups -OCH3 is 1. The van der Waals surface area contributed by atoms with Crippen molar-refractivity contribution in [2.75, 3.05) is 7.11 Å². The van der Waals surface area contributed by atoms with E-state index in [0.29, 0.717) is 23.5 Å². The fourth-order valence-corrected chi connectivity index (χ4v) is 6.06. The number of piperidine rings is 1. The van der Waals surface area contributed by atoms with Gasteiger partial charge in [0.15, 0.2) is 32.3 Å². The molecule has 0 radical (unpaired) electrons. The maximum absolute atomic E-state index is 13.5. The Hall–Kier alpha value is -2.54. The number of hydrogen-bond acceptors (Lipinski definition) is 5. The van der Waals surface area contributed by atoms with E-state index in [4.69, 9.17) is 9.47 Å². The van der Waals surface area contributed by atoms with E-state index in [1.807, 2.05) is 19.9 Å².